The number of morpholine rings is 1. The van der Waals surface area contributed by atoms with Crippen molar-refractivity contribution in [2.75, 3.05) is 32.8 Å². The molecule has 1 aromatic carbocycles. The zero-order valence-electron chi connectivity index (χ0n) is 12.6. The lowest BCUT2D eigenvalue weighted by Gasteiger charge is -2.32. The van der Waals surface area contributed by atoms with Gasteiger partial charge in [-0.1, -0.05) is 12.1 Å². The second-order valence-corrected chi connectivity index (χ2v) is 5.67. The molecule has 0 saturated carbocycles. The van der Waals surface area contributed by atoms with Crippen molar-refractivity contribution in [1.82, 2.24) is 4.90 Å². The van der Waals surface area contributed by atoms with Gasteiger partial charge < -0.3 is 14.6 Å². The maximum absolute atomic E-state index is 10.1. The molecular formula is C16H25NO3. The molecule has 1 aliphatic heterocycles. The Kier molecular flexibility index (Phi) is 5.40. The van der Waals surface area contributed by atoms with Crippen molar-refractivity contribution in [3.05, 3.63) is 29.3 Å². The van der Waals surface area contributed by atoms with E-state index >= 15 is 0 Å². The van der Waals surface area contributed by atoms with Crippen LogP contribution in [-0.4, -0.2) is 55.1 Å². The van der Waals surface area contributed by atoms with Gasteiger partial charge in [0.25, 0.3) is 0 Å². The van der Waals surface area contributed by atoms with Crippen LogP contribution in [0.5, 0.6) is 5.75 Å². The molecule has 1 N–H and O–H groups in total. The molecular weight excluding hydrogens is 254 g/mol. The van der Waals surface area contributed by atoms with Crippen LogP contribution in [0.2, 0.25) is 0 Å². The van der Waals surface area contributed by atoms with Gasteiger partial charge in [0, 0.05) is 19.6 Å². The summed E-state index contributed by atoms with van der Waals surface area (Å²) in [6.45, 7) is 9.58. The van der Waals surface area contributed by atoms with Gasteiger partial charge in [0.15, 0.2) is 0 Å². The van der Waals surface area contributed by atoms with E-state index in [1.165, 1.54) is 5.56 Å². The number of ether oxygens (including phenoxy) is 2. The highest BCUT2D eigenvalue weighted by molar-refractivity contribution is 5.35. The second kappa shape index (κ2) is 7.07. The first-order valence-corrected chi connectivity index (χ1v) is 7.26. The second-order valence-electron chi connectivity index (χ2n) is 5.67. The minimum Gasteiger partial charge on any atom is -0.491 e. The molecule has 4 nitrogen and oxygen atoms in total. The summed E-state index contributed by atoms with van der Waals surface area (Å²) in [4.78, 5) is 2.23. The molecule has 2 rings (SSSR count). The van der Waals surface area contributed by atoms with E-state index in [9.17, 15) is 5.11 Å². The van der Waals surface area contributed by atoms with Gasteiger partial charge in [-0.25, -0.2) is 0 Å². The van der Waals surface area contributed by atoms with E-state index in [1.807, 2.05) is 26.0 Å². The summed E-state index contributed by atoms with van der Waals surface area (Å²) in [5.41, 5.74) is 2.27. The van der Waals surface area contributed by atoms with Gasteiger partial charge in [0.2, 0.25) is 0 Å². The van der Waals surface area contributed by atoms with E-state index < -0.39 is 6.10 Å². The van der Waals surface area contributed by atoms with Crippen LogP contribution in [0, 0.1) is 13.8 Å². The molecule has 0 aromatic heterocycles. The number of nitrogens with zero attached hydrogens (tertiary/aromatic N) is 1. The third kappa shape index (κ3) is 4.47. The monoisotopic (exact) mass is 279 g/mol. The van der Waals surface area contributed by atoms with Crippen molar-refractivity contribution in [1.29, 1.82) is 0 Å². The molecule has 1 aliphatic rings. The van der Waals surface area contributed by atoms with Gasteiger partial charge >= 0.3 is 0 Å². The first-order chi connectivity index (χ1) is 9.54. The van der Waals surface area contributed by atoms with Crippen LogP contribution in [0.1, 0.15) is 18.1 Å². The molecule has 4 heteroatoms. The van der Waals surface area contributed by atoms with Crippen molar-refractivity contribution in [3.63, 3.8) is 0 Å². The number of β-amino-alcohol motifs (C(OH)–C–C–N with tert-alkyl or cyclic N) is 1. The Labute approximate surface area is 121 Å². The predicted octanol–water partition coefficient (Wildman–Crippen LogP) is 1.76. The lowest BCUT2D eigenvalue weighted by molar-refractivity contribution is -0.0361. The minimum atomic E-state index is -0.472. The van der Waals surface area contributed by atoms with E-state index in [4.69, 9.17) is 9.47 Å². The van der Waals surface area contributed by atoms with Crippen LogP contribution < -0.4 is 4.74 Å². The zero-order valence-corrected chi connectivity index (χ0v) is 12.6. The summed E-state index contributed by atoms with van der Waals surface area (Å²) < 4.78 is 11.2. The number of aliphatic hydroxyl groups excluding tert-OH is 1. The first-order valence-electron chi connectivity index (χ1n) is 7.26. The third-order valence-corrected chi connectivity index (χ3v) is 3.57. The molecule has 20 heavy (non-hydrogen) atoms. The summed E-state index contributed by atoms with van der Waals surface area (Å²) >= 11 is 0. The zero-order chi connectivity index (χ0) is 14.5. The summed E-state index contributed by atoms with van der Waals surface area (Å²) in [5.74, 6) is 0.861. The molecule has 1 saturated heterocycles. The Morgan fingerprint density at radius 3 is 3.00 bits per heavy atom. The van der Waals surface area contributed by atoms with Gasteiger partial charge in [0.1, 0.15) is 18.5 Å². The van der Waals surface area contributed by atoms with E-state index in [0.29, 0.717) is 13.2 Å². The van der Waals surface area contributed by atoms with E-state index in [2.05, 4.69) is 17.9 Å². The predicted molar refractivity (Wildman–Crippen MR) is 79.3 cm³/mol. The SMILES string of the molecule is Cc1ccc(C)c(OC[C@H](O)CN2CCO[C@@H](C)C2)c1. The molecule has 0 unspecified atom stereocenters. The number of aryl methyl sites for hydroxylation is 2. The quantitative estimate of drug-likeness (QED) is 0.892. The number of hydrogen-bond acceptors (Lipinski definition) is 4. The van der Waals surface area contributed by atoms with E-state index in [-0.39, 0.29) is 6.10 Å². The van der Waals surface area contributed by atoms with Gasteiger partial charge in [-0.05, 0) is 38.0 Å². The summed E-state index contributed by atoms with van der Waals surface area (Å²) in [6.07, 6.45) is -0.226. The van der Waals surface area contributed by atoms with Crippen molar-refractivity contribution in [2.24, 2.45) is 0 Å². The van der Waals surface area contributed by atoms with Crippen molar-refractivity contribution in [3.8, 4) is 5.75 Å². The van der Waals surface area contributed by atoms with Gasteiger partial charge in [0.05, 0.1) is 12.7 Å². The number of hydrogen-bond donors (Lipinski definition) is 1. The van der Waals surface area contributed by atoms with E-state index in [1.54, 1.807) is 0 Å². The average Bonchev–Trinajstić information content (AvgIpc) is 2.40. The molecule has 0 aliphatic carbocycles. The largest absolute Gasteiger partial charge is 0.491 e. The minimum absolute atomic E-state index is 0.246. The Balaban J connectivity index is 1.79. The normalized spacial score (nSPS) is 21.7. The molecule has 1 heterocycles. The van der Waals surface area contributed by atoms with Gasteiger partial charge in [-0.3, -0.25) is 4.90 Å². The highest BCUT2D eigenvalue weighted by atomic mass is 16.5. The fourth-order valence-electron chi connectivity index (χ4n) is 2.46. The van der Waals surface area contributed by atoms with Crippen LogP contribution in [0.25, 0.3) is 0 Å². The Morgan fingerprint density at radius 1 is 1.45 bits per heavy atom. The summed E-state index contributed by atoms with van der Waals surface area (Å²) in [7, 11) is 0. The number of aliphatic hydroxyl groups is 1. The molecule has 1 aromatic rings. The molecule has 112 valence electrons. The molecule has 0 bridgehead atoms. The molecule has 0 spiro atoms. The molecule has 2 atom stereocenters. The highest BCUT2D eigenvalue weighted by Gasteiger charge is 2.19. The van der Waals surface area contributed by atoms with Crippen LogP contribution in [0.3, 0.4) is 0 Å². The maximum Gasteiger partial charge on any atom is 0.122 e. The number of rotatable bonds is 5. The lowest BCUT2D eigenvalue weighted by atomic mass is 10.1. The van der Waals surface area contributed by atoms with Crippen LogP contribution in [0.15, 0.2) is 18.2 Å². The summed E-state index contributed by atoms with van der Waals surface area (Å²) in [5, 5.41) is 10.1. The lowest BCUT2D eigenvalue weighted by Crippen LogP contribution is -2.45. The molecule has 0 amide bonds. The Morgan fingerprint density at radius 2 is 2.25 bits per heavy atom. The van der Waals surface area contributed by atoms with Crippen molar-refractivity contribution in [2.45, 2.75) is 33.0 Å². The van der Waals surface area contributed by atoms with E-state index in [0.717, 1.165) is 31.0 Å². The van der Waals surface area contributed by atoms with Crippen LogP contribution >= 0.6 is 0 Å². The van der Waals surface area contributed by atoms with Crippen molar-refractivity contribution >= 4 is 0 Å². The third-order valence-electron chi connectivity index (χ3n) is 3.57. The fraction of sp³-hybridized carbons (Fsp3) is 0.625. The highest BCUT2D eigenvalue weighted by Crippen LogP contribution is 2.19. The Hall–Kier alpha value is -1.10. The smallest absolute Gasteiger partial charge is 0.122 e. The van der Waals surface area contributed by atoms with Crippen molar-refractivity contribution < 1.29 is 14.6 Å². The maximum atomic E-state index is 10.1. The summed E-state index contributed by atoms with van der Waals surface area (Å²) in [6, 6.07) is 6.12. The van der Waals surface area contributed by atoms with Crippen LogP contribution in [-0.2, 0) is 4.74 Å². The number of benzene rings is 1. The average molecular weight is 279 g/mol. The Bertz CT molecular complexity index is 436. The standard InChI is InChI=1S/C16H25NO3/c1-12-4-5-13(2)16(8-12)20-11-15(18)10-17-6-7-19-14(3)9-17/h4-5,8,14-15,18H,6-7,9-11H2,1-3H3/t14-,15+/m0/s1. The first kappa shape index (κ1) is 15.3. The molecule has 0 radical (unpaired) electrons. The molecule has 1 fully saturated rings. The fourth-order valence-corrected chi connectivity index (χ4v) is 2.46. The van der Waals surface area contributed by atoms with Gasteiger partial charge in [-0.15, -0.1) is 0 Å². The van der Waals surface area contributed by atoms with Crippen LogP contribution in [0.4, 0.5) is 0 Å². The topological polar surface area (TPSA) is 41.9 Å². The van der Waals surface area contributed by atoms with Gasteiger partial charge in [-0.2, -0.15) is 0 Å².